The van der Waals surface area contributed by atoms with E-state index in [0.717, 1.165) is 25.7 Å². The second kappa shape index (κ2) is 9.48. The molecule has 0 atom stereocenters. The fourth-order valence-corrected chi connectivity index (χ4v) is 6.48. The van der Waals surface area contributed by atoms with E-state index in [-0.39, 0.29) is 10.8 Å². The minimum atomic E-state index is -3.62. The van der Waals surface area contributed by atoms with E-state index < -0.39 is 10.0 Å². The topological polar surface area (TPSA) is 92.3 Å². The number of amides is 1. The van der Waals surface area contributed by atoms with Gasteiger partial charge in [-0.3, -0.25) is 9.78 Å². The predicted molar refractivity (Wildman–Crippen MR) is 126 cm³/mol. The molecule has 0 bridgehead atoms. The normalized spacial score (nSPS) is 15.3. The Hall–Kier alpha value is -2.62. The van der Waals surface area contributed by atoms with E-state index in [1.165, 1.54) is 11.3 Å². The Bertz CT molecular complexity index is 1220. The van der Waals surface area contributed by atoms with Crippen LogP contribution in [0.25, 0.3) is 10.7 Å². The van der Waals surface area contributed by atoms with Crippen molar-refractivity contribution in [3.63, 3.8) is 0 Å². The SMILES string of the molecule is Cc1ccc(NC(=O)c2sc(-c3ccccn3)nc2C)cc1S(=O)(=O)N1CCCCCC1. The molecule has 1 aromatic carbocycles. The largest absolute Gasteiger partial charge is 0.321 e. The molecule has 1 N–H and O–H groups in total. The average molecular weight is 471 g/mol. The molecule has 1 aliphatic rings. The van der Waals surface area contributed by atoms with E-state index in [9.17, 15) is 13.2 Å². The van der Waals surface area contributed by atoms with Crippen molar-refractivity contribution in [1.82, 2.24) is 14.3 Å². The molecule has 0 radical (unpaired) electrons. The van der Waals surface area contributed by atoms with Crippen molar-refractivity contribution < 1.29 is 13.2 Å². The number of carbonyl (C=O) groups is 1. The summed E-state index contributed by atoms with van der Waals surface area (Å²) in [6, 6.07) is 10.6. The molecule has 4 rings (SSSR count). The maximum Gasteiger partial charge on any atom is 0.267 e. The van der Waals surface area contributed by atoms with Gasteiger partial charge >= 0.3 is 0 Å². The smallest absolute Gasteiger partial charge is 0.267 e. The van der Waals surface area contributed by atoms with E-state index in [2.05, 4.69) is 15.3 Å². The average Bonchev–Trinajstić information content (AvgIpc) is 2.98. The zero-order valence-corrected chi connectivity index (χ0v) is 19.8. The molecular formula is C23H26N4O3S2. The molecule has 0 saturated carbocycles. The summed E-state index contributed by atoms with van der Waals surface area (Å²) >= 11 is 1.27. The summed E-state index contributed by atoms with van der Waals surface area (Å²) in [5.74, 6) is -0.316. The lowest BCUT2D eigenvalue weighted by atomic mass is 10.2. The first-order valence-corrected chi connectivity index (χ1v) is 12.9. The Morgan fingerprint density at radius 1 is 1.06 bits per heavy atom. The molecule has 7 nitrogen and oxygen atoms in total. The predicted octanol–water partition coefficient (Wildman–Crippen LogP) is 4.64. The van der Waals surface area contributed by atoms with E-state index in [1.54, 1.807) is 42.5 Å². The number of benzene rings is 1. The van der Waals surface area contributed by atoms with Gasteiger partial charge in [-0.05, 0) is 56.5 Å². The number of nitrogens with zero attached hydrogens (tertiary/aromatic N) is 3. The third-order valence-corrected chi connectivity index (χ3v) is 8.74. The van der Waals surface area contributed by atoms with Crippen molar-refractivity contribution >= 4 is 33.0 Å². The number of aryl methyl sites for hydroxylation is 2. The summed E-state index contributed by atoms with van der Waals surface area (Å²) in [6.45, 7) is 4.63. The van der Waals surface area contributed by atoms with Crippen molar-refractivity contribution in [3.05, 3.63) is 58.7 Å². The standard InChI is InChI=1S/C23H26N4O3S2/c1-16-10-11-18(15-20(16)32(29,30)27-13-7-3-4-8-14-27)26-22(28)21-17(2)25-23(31-21)19-9-5-6-12-24-19/h5-6,9-12,15H,3-4,7-8,13-14H2,1-2H3,(H,26,28). The molecule has 168 valence electrons. The van der Waals surface area contributed by atoms with Crippen LogP contribution in [0, 0.1) is 13.8 Å². The second-order valence-corrected chi connectivity index (χ2v) is 10.8. The van der Waals surface area contributed by atoms with Gasteiger partial charge in [-0.15, -0.1) is 11.3 Å². The van der Waals surface area contributed by atoms with Crippen LogP contribution in [0.4, 0.5) is 5.69 Å². The first kappa shape index (κ1) is 22.6. The highest BCUT2D eigenvalue weighted by atomic mass is 32.2. The molecule has 1 fully saturated rings. The van der Waals surface area contributed by atoms with Crippen LogP contribution in [0.1, 0.15) is 46.6 Å². The van der Waals surface area contributed by atoms with Gasteiger partial charge in [0.2, 0.25) is 10.0 Å². The lowest BCUT2D eigenvalue weighted by Crippen LogP contribution is -2.32. The first-order chi connectivity index (χ1) is 15.4. The van der Waals surface area contributed by atoms with Crippen LogP contribution in [-0.2, 0) is 10.0 Å². The number of thiazole rings is 1. The van der Waals surface area contributed by atoms with Crippen LogP contribution in [0.15, 0.2) is 47.5 Å². The summed E-state index contributed by atoms with van der Waals surface area (Å²) in [4.78, 5) is 22.4. The van der Waals surface area contributed by atoms with Crippen LogP contribution >= 0.6 is 11.3 Å². The lowest BCUT2D eigenvalue weighted by Gasteiger charge is -2.21. The second-order valence-electron chi connectivity index (χ2n) is 7.90. The van der Waals surface area contributed by atoms with Crippen LogP contribution < -0.4 is 5.32 Å². The van der Waals surface area contributed by atoms with Gasteiger partial charge in [0.25, 0.3) is 5.91 Å². The van der Waals surface area contributed by atoms with Gasteiger partial charge in [-0.2, -0.15) is 4.31 Å². The van der Waals surface area contributed by atoms with Gasteiger partial charge in [0.1, 0.15) is 9.88 Å². The molecular weight excluding hydrogens is 444 g/mol. The first-order valence-electron chi connectivity index (χ1n) is 10.7. The highest BCUT2D eigenvalue weighted by Gasteiger charge is 2.27. The van der Waals surface area contributed by atoms with E-state index >= 15 is 0 Å². The van der Waals surface area contributed by atoms with Crippen LogP contribution in [0.3, 0.4) is 0 Å². The molecule has 1 saturated heterocycles. The van der Waals surface area contributed by atoms with Gasteiger partial charge in [-0.25, -0.2) is 13.4 Å². The maximum absolute atomic E-state index is 13.3. The minimum absolute atomic E-state index is 0.243. The fraction of sp³-hybridized carbons (Fsp3) is 0.348. The zero-order chi connectivity index (χ0) is 22.7. The molecule has 0 spiro atoms. The van der Waals surface area contributed by atoms with Crippen molar-refractivity contribution in [2.45, 2.75) is 44.4 Å². The van der Waals surface area contributed by atoms with Crippen LogP contribution in [0.5, 0.6) is 0 Å². The summed E-state index contributed by atoms with van der Waals surface area (Å²) in [6.07, 6.45) is 5.53. The number of sulfonamides is 1. The van der Waals surface area contributed by atoms with E-state index in [0.29, 0.717) is 45.6 Å². The number of aromatic nitrogens is 2. The Morgan fingerprint density at radius 3 is 2.50 bits per heavy atom. The summed E-state index contributed by atoms with van der Waals surface area (Å²) < 4.78 is 28.1. The number of carbonyl (C=O) groups excluding carboxylic acids is 1. The Kier molecular flexibility index (Phi) is 6.68. The number of nitrogens with one attached hydrogen (secondary N) is 1. The van der Waals surface area contributed by atoms with Crippen LogP contribution in [-0.4, -0.2) is 41.7 Å². The quantitative estimate of drug-likeness (QED) is 0.586. The molecule has 9 heteroatoms. The molecule has 0 aliphatic carbocycles. The minimum Gasteiger partial charge on any atom is -0.321 e. The monoisotopic (exact) mass is 470 g/mol. The Labute approximate surface area is 192 Å². The van der Waals surface area contributed by atoms with Crippen LogP contribution in [0.2, 0.25) is 0 Å². The van der Waals surface area contributed by atoms with E-state index in [1.807, 2.05) is 18.2 Å². The molecule has 2 aromatic heterocycles. The number of hydrogen-bond donors (Lipinski definition) is 1. The molecule has 32 heavy (non-hydrogen) atoms. The third kappa shape index (κ3) is 4.74. The van der Waals surface area contributed by atoms with Gasteiger partial charge in [0.05, 0.1) is 16.3 Å². The highest BCUT2D eigenvalue weighted by Crippen LogP contribution is 2.29. The van der Waals surface area contributed by atoms with Gasteiger partial charge < -0.3 is 5.32 Å². The summed E-state index contributed by atoms with van der Waals surface area (Å²) in [5.41, 5.74) is 2.43. The highest BCUT2D eigenvalue weighted by molar-refractivity contribution is 7.89. The van der Waals surface area contributed by atoms with Gasteiger partial charge in [0.15, 0.2) is 0 Å². The molecule has 3 heterocycles. The van der Waals surface area contributed by atoms with Crippen molar-refractivity contribution in [1.29, 1.82) is 0 Å². The van der Waals surface area contributed by atoms with Crippen molar-refractivity contribution in [3.8, 4) is 10.7 Å². The Morgan fingerprint density at radius 2 is 1.81 bits per heavy atom. The van der Waals surface area contributed by atoms with Gasteiger partial charge in [-0.1, -0.05) is 25.0 Å². The maximum atomic E-state index is 13.3. The zero-order valence-electron chi connectivity index (χ0n) is 18.2. The van der Waals surface area contributed by atoms with E-state index in [4.69, 9.17) is 0 Å². The number of anilines is 1. The number of hydrogen-bond acceptors (Lipinski definition) is 6. The molecule has 3 aromatic rings. The summed E-state index contributed by atoms with van der Waals surface area (Å²) in [7, 11) is -3.62. The van der Waals surface area contributed by atoms with Gasteiger partial charge in [0, 0.05) is 25.0 Å². The lowest BCUT2D eigenvalue weighted by molar-refractivity contribution is 0.102. The number of rotatable bonds is 5. The van der Waals surface area contributed by atoms with Crippen molar-refractivity contribution in [2.24, 2.45) is 0 Å². The number of pyridine rings is 1. The third-order valence-electron chi connectivity index (χ3n) is 5.52. The molecule has 0 unspecified atom stereocenters. The molecule has 1 aliphatic heterocycles. The van der Waals surface area contributed by atoms with Crippen molar-refractivity contribution in [2.75, 3.05) is 18.4 Å². The molecule has 1 amide bonds. The Balaban J connectivity index is 1.58. The summed E-state index contributed by atoms with van der Waals surface area (Å²) in [5, 5.41) is 3.52. The fourth-order valence-electron chi connectivity index (χ4n) is 3.77.